The van der Waals surface area contributed by atoms with E-state index >= 15 is 0 Å². The number of aliphatic carboxylic acids is 3. The van der Waals surface area contributed by atoms with E-state index in [1.54, 1.807) is 44.2 Å². The van der Waals surface area contributed by atoms with Crippen LogP contribution in [0.2, 0.25) is 0 Å². The van der Waals surface area contributed by atoms with Gasteiger partial charge in [0.05, 0.1) is 12.5 Å². The maximum Gasteiger partial charge on any atom is 0.326 e. The van der Waals surface area contributed by atoms with E-state index < -0.39 is 84.6 Å². The summed E-state index contributed by atoms with van der Waals surface area (Å²) in [6, 6.07) is 2.07. The van der Waals surface area contributed by atoms with Gasteiger partial charge in [-0.3, -0.25) is 28.8 Å². The number of nitrogens with one attached hydrogen (secondary N) is 4. The lowest BCUT2D eigenvalue weighted by molar-refractivity contribution is -0.143. The van der Waals surface area contributed by atoms with Gasteiger partial charge in [-0.25, -0.2) is 4.79 Å². The third kappa shape index (κ3) is 13.2. The second-order valence-corrected chi connectivity index (χ2v) is 10.2. The smallest absolute Gasteiger partial charge is 0.326 e. The molecule has 0 radical (unpaired) electrons. The summed E-state index contributed by atoms with van der Waals surface area (Å²) < 4.78 is 0. The van der Waals surface area contributed by atoms with Crippen molar-refractivity contribution in [2.45, 2.75) is 83.1 Å². The molecule has 42 heavy (non-hydrogen) atoms. The summed E-state index contributed by atoms with van der Waals surface area (Å²) in [4.78, 5) is 84.7. The number of hydrogen-bond donors (Lipinski definition) is 8. The third-order valence-corrected chi connectivity index (χ3v) is 6.00. The van der Waals surface area contributed by atoms with E-state index in [0.29, 0.717) is 5.56 Å². The van der Waals surface area contributed by atoms with Crippen molar-refractivity contribution in [2.75, 3.05) is 0 Å². The number of carboxylic acid groups (broad SMARTS) is 3. The fourth-order valence-electron chi connectivity index (χ4n) is 3.80. The van der Waals surface area contributed by atoms with Crippen molar-refractivity contribution >= 4 is 41.5 Å². The van der Waals surface area contributed by atoms with E-state index in [-0.39, 0.29) is 25.2 Å². The Morgan fingerprint density at radius 3 is 1.79 bits per heavy atom. The molecule has 1 aromatic rings. The van der Waals surface area contributed by atoms with Crippen LogP contribution in [0.3, 0.4) is 0 Å². The van der Waals surface area contributed by atoms with E-state index in [1.807, 2.05) is 0 Å². The van der Waals surface area contributed by atoms with Crippen LogP contribution in [0.4, 0.5) is 0 Å². The van der Waals surface area contributed by atoms with Crippen molar-refractivity contribution in [2.24, 2.45) is 11.7 Å². The minimum atomic E-state index is -1.49. The predicted octanol–water partition coefficient (Wildman–Crippen LogP) is -1.01. The summed E-state index contributed by atoms with van der Waals surface area (Å²) in [5.74, 6) is -7.36. The van der Waals surface area contributed by atoms with Crippen molar-refractivity contribution in [3.05, 3.63) is 35.9 Å². The number of rotatable bonds is 18. The molecule has 0 fully saturated rings. The molecule has 0 saturated carbocycles. The highest BCUT2D eigenvalue weighted by atomic mass is 16.4. The molecule has 0 aromatic heterocycles. The molecule has 1 rings (SSSR count). The van der Waals surface area contributed by atoms with E-state index in [4.69, 9.17) is 15.9 Å². The monoisotopic (exact) mass is 593 g/mol. The minimum Gasteiger partial charge on any atom is -0.481 e. The van der Waals surface area contributed by atoms with Crippen LogP contribution in [0.25, 0.3) is 0 Å². The Balaban J connectivity index is 3.05. The van der Waals surface area contributed by atoms with Gasteiger partial charge in [0, 0.05) is 12.8 Å². The van der Waals surface area contributed by atoms with E-state index in [9.17, 15) is 38.7 Å². The van der Waals surface area contributed by atoms with Gasteiger partial charge in [-0.05, 0) is 31.2 Å². The van der Waals surface area contributed by atoms with Crippen molar-refractivity contribution < 1.29 is 48.9 Å². The Kier molecular flexibility index (Phi) is 14.6. The van der Waals surface area contributed by atoms with Gasteiger partial charge in [0.2, 0.25) is 23.6 Å². The molecule has 0 bridgehead atoms. The van der Waals surface area contributed by atoms with Crippen LogP contribution in [0, 0.1) is 5.92 Å². The Morgan fingerprint density at radius 1 is 0.714 bits per heavy atom. The highest BCUT2D eigenvalue weighted by Gasteiger charge is 2.31. The van der Waals surface area contributed by atoms with Gasteiger partial charge < -0.3 is 42.3 Å². The van der Waals surface area contributed by atoms with Crippen molar-refractivity contribution in [1.82, 2.24) is 21.3 Å². The summed E-state index contributed by atoms with van der Waals surface area (Å²) in [6.07, 6.45) is -1.40. The van der Waals surface area contributed by atoms with Gasteiger partial charge in [-0.15, -0.1) is 0 Å². The molecule has 232 valence electrons. The zero-order chi connectivity index (χ0) is 32.0. The van der Waals surface area contributed by atoms with Crippen LogP contribution >= 0.6 is 0 Å². The summed E-state index contributed by atoms with van der Waals surface area (Å²) in [5, 5.41) is 36.6. The van der Waals surface area contributed by atoms with Gasteiger partial charge in [-0.1, -0.05) is 44.2 Å². The molecule has 4 amide bonds. The Hall–Kier alpha value is -4.53. The SMILES string of the molecule is CC(C)C[C@H](NC(=O)[C@H](Cc1ccccc1)NC(=O)[C@@H](N)CC(=O)O)C(=O)N[C@@H](C)C(=O)N[C@@H](CCC(=O)O)C(=O)O. The molecule has 0 unspecified atom stereocenters. The third-order valence-electron chi connectivity index (χ3n) is 6.00. The van der Waals surface area contributed by atoms with Crippen LogP contribution in [-0.2, 0) is 40.0 Å². The lowest BCUT2D eigenvalue weighted by atomic mass is 10.0. The van der Waals surface area contributed by atoms with Crippen molar-refractivity contribution in [3.8, 4) is 0 Å². The number of nitrogens with two attached hydrogens (primary N) is 1. The molecule has 0 aliphatic carbocycles. The summed E-state index contributed by atoms with van der Waals surface area (Å²) in [6.45, 7) is 4.87. The van der Waals surface area contributed by atoms with Crippen LogP contribution < -0.4 is 27.0 Å². The minimum absolute atomic E-state index is 0.0000489. The first kappa shape index (κ1) is 35.5. The highest BCUT2D eigenvalue weighted by Crippen LogP contribution is 2.09. The fourth-order valence-corrected chi connectivity index (χ4v) is 3.80. The molecule has 9 N–H and O–H groups in total. The lowest BCUT2D eigenvalue weighted by Gasteiger charge is -2.26. The fraction of sp³-hybridized carbons (Fsp3) is 0.519. The quantitative estimate of drug-likeness (QED) is 0.102. The molecule has 0 heterocycles. The first-order valence-corrected chi connectivity index (χ1v) is 13.3. The second kappa shape index (κ2) is 17.3. The van der Waals surface area contributed by atoms with Crippen molar-refractivity contribution in [3.63, 3.8) is 0 Å². The Morgan fingerprint density at radius 2 is 1.26 bits per heavy atom. The lowest BCUT2D eigenvalue weighted by Crippen LogP contribution is -2.58. The van der Waals surface area contributed by atoms with E-state index in [2.05, 4.69) is 21.3 Å². The number of hydrogen-bond acceptors (Lipinski definition) is 8. The van der Waals surface area contributed by atoms with Crippen LogP contribution in [-0.4, -0.2) is 87.1 Å². The maximum atomic E-state index is 13.3. The molecule has 0 aliphatic rings. The number of carbonyl (C=O) groups is 7. The maximum absolute atomic E-state index is 13.3. The van der Waals surface area contributed by atoms with Crippen molar-refractivity contribution in [1.29, 1.82) is 0 Å². The predicted molar refractivity (Wildman–Crippen MR) is 148 cm³/mol. The molecule has 5 atom stereocenters. The molecular weight excluding hydrogens is 554 g/mol. The molecule has 15 heteroatoms. The normalized spacial score (nSPS) is 14.4. The largest absolute Gasteiger partial charge is 0.481 e. The highest BCUT2D eigenvalue weighted by molar-refractivity contribution is 5.95. The number of amides is 4. The average Bonchev–Trinajstić information content (AvgIpc) is 2.89. The summed E-state index contributed by atoms with van der Waals surface area (Å²) in [5.41, 5.74) is 6.32. The average molecular weight is 594 g/mol. The van der Waals surface area contributed by atoms with Gasteiger partial charge in [0.25, 0.3) is 0 Å². The standard InChI is InChI=1S/C27H39N5O10/c1-14(2)11-19(25(39)29-15(3)23(37)30-18(27(41)42)9-10-21(33)34)32-26(40)20(12-16-7-5-4-6-8-16)31-24(38)17(28)13-22(35)36/h4-8,14-15,17-20H,9-13,28H2,1-3H3,(H,29,39)(H,30,37)(H,31,38)(H,32,40)(H,33,34)(H,35,36)(H,41,42)/t15-,17-,18-,19-,20-/m0/s1. The van der Waals surface area contributed by atoms with Gasteiger partial charge in [0.15, 0.2) is 0 Å². The zero-order valence-corrected chi connectivity index (χ0v) is 23.7. The van der Waals surface area contributed by atoms with E-state index in [1.165, 1.54) is 6.92 Å². The van der Waals surface area contributed by atoms with Gasteiger partial charge in [0.1, 0.15) is 24.2 Å². The Labute approximate surface area is 242 Å². The van der Waals surface area contributed by atoms with Gasteiger partial charge in [-0.2, -0.15) is 0 Å². The first-order chi connectivity index (χ1) is 19.6. The van der Waals surface area contributed by atoms with Crippen LogP contribution in [0.5, 0.6) is 0 Å². The molecule has 15 nitrogen and oxygen atoms in total. The molecule has 0 aliphatic heterocycles. The van der Waals surface area contributed by atoms with E-state index in [0.717, 1.165) is 0 Å². The second-order valence-electron chi connectivity index (χ2n) is 10.2. The topological polar surface area (TPSA) is 254 Å². The molecule has 0 spiro atoms. The zero-order valence-electron chi connectivity index (χ0n) is 23.7. The molecular formula is C27H39N5O10. The number of carbonyl (C=O) groups excluding carboxylic acids is 4. The Bertz CT molecular complexity index is 1130. The van der Waals surface area contributed by atoms with Gasteiger partial charge >= 0.3 is 17.9 Å². The van der Waals surface area contributed by atoms with Crippen LogP contribution in [0.1, 0.15) is 52.0 Å². The first-order valence-electron chi connectivity index (χ1n) is 13.3. The molecule has 1 aromatic carbocycles. The number of benzene rings is 1. The number of carboxylic acids is 3. The molecule has 0 saturated heterocycles. The summed E-state index contributed by atoms with van der Waals surface area (Å²) in [7, 11) is 0. The van der Waals surface area contributed by atoms with Crippen LogP contribution in [0.15, 0.2) is 30.3 Å². The summed E-state index contributed by atoms with van der Waals surface area (Å²) >= 11 is 0.